The maximum absolute atomic E-state index is 14.5. The summed E-state index contributed by atoms with van der Waals surface area (Å²) in [4.78, 5) is 117. The molecule has 126 heavy (non-hydrogen) atoms. The number of nitrogens with zero attached hydrogens (tertiary/aromatic N) is 12. The lowest BCUT2D eigenvalue weighted by Gasteiger charge is -2.32. The van der Waals surface area contributed by atoms with Crippen molar-refractivity contribution in [3.05, 3.63) is 341 Å². The topological polar surface area (TPSA) is 206 Å². The molecule has 596 valence electrons. The molecular weight excluding hydrogens is 1970 g/mol. The van der Waals surface area contributed by atoms with Crippen molar-refractivity contribution in [3.8, 4) is 0 Å². The number of aromatic nitrogens is 10. The van der Waals surface area contributed by atoms with Crippen LogP contribution < -0.4 is 44.3 Å². The summed E-state index contributed by atoms with van der Waals surface area (Å²) in [5.74, 6) is 0. The van der Waals surface area contributed by atoms with Crippen LogP contribution in [0, 0.1) is 0 Å². The number of hydrogen-bond donors (Lipinski definition) is 0. The second kappa shape index (κ2) is 25.4. The summed E-state index contributed by atoms with van der Waals surface area (Å²) in [6, 6.07) is 71.8. The molecule has 2 aliphatic heterocycles. The van der Waals surface area contributed by atoms with E-state index in [1.165, 1.54) is 22.3 Å². The zero-order valence-corrected chi connectivity index (χ0v) is 74.8. The third kappa shape index (κ3) is 9.17. The molecule has 0 fully saturated rings. The van der Waals surface area contributed by atoms with Crippen LogP contribution in [-0.2, 0) is 12.8 Å². The van der Waals surface area contributed by atoms with E-state index in [0.717, 1.165) is 200 Å². The van der Waals surface area contributed by atoms with Gasteiger partial charge in [-0.3, -0.25) is 55.5 Å². The summed E-state index contributed by atoms with van der Waals surface area (Å²) in [6.45, 7) is 0. The number of rotatable bonds is 0. The molecule has 0 N–H and O–H groups in total. The quantitative estimate of drug-likeness (QED) is 0.104. The predicted molar refractivity (Wildman–Crippen MR) is 524 cm³/mol. The van der Waals surface area contributed by atoms with Crippen LogP contribution in [0.4, 0.5) is 11.4 Å². The van der Waals surface area contributed by atoms with E-state index in [4.69, 9.17) is 29.9 Å². The number of hydrogen-bond acceptors (Lipinski definition) is 12. The Labute approximate surface area is 754 Å². The van der Waals surface area contributed by atoms with Gasteiger partial charge >= 0.3 is 0 Å². The zero-order chi connectivity index (χ0) is 84.0. The molecular formula is C102H50Br6N12O6. The first-order valence-electron chi connectivity index (χ1n) is 41.4. The average Bonchev–Trinajstić information content (AvgIpc) is 0.688. The van der Waals surface area contributed by atoms with Crippen molar-refractivity contribution >= 4 is 314 Å². The first-order valence-corrected chi connectivity index (χ1v) is 46.1. The molecule has 0 saturated heterocycles. The van der Waals surface area contributed by atoms with Gasteiger partial charge in [-0.05, 0) is 264 Å². The maximum atomic E-state index is 14.5. The van der Waals surface area contributed by atoms with Crippen molar-refractivity contribution < 1.29 is 0 Å². The van der Waals surface area contributed by atoms with Gasteiger partial charge in [0.2, 0.25) is 0 Å². The molecule has 0 radical (unpaired) electrons. The predicted octanol–water partition coefficient (Wildman–Crippen LogP) is 23.2. The molecule has 2 atom stereocenters. The Hall–Kier alpha value is -12.9. The van der Waals surface area contributed by atoms with Crippen molar-refractivity contribution in [3.63, 3.8) is 0 Å². The first kappa shape index (κ1) is 72.4. The fourth-order valence-corrected chi connectivity index (χ4v) is 26.2. The van der Waals surface area contributed by atoms with Gasteiger partial charge in [0.1, 0.15) is 33.6 Å². The Morgan fingerprint density at radius 2 is 0.571 bits per heavy atom. The standard InChI is InChI=1S/C34H14Br2N4O2.2C34H18Br2N4O2/c35-19-13-18-28-27-17(33(41)39-23-11-3-7-15-5-1-9-21(25(15)23)37-31(39)29(19)27)14-20(36)30(28)32-38-22-10-2-6-16-8-4-12-24(26(16)22)40(32)34(18)42;35-19-13-17-27-28-18(33(41)40-24-12-4-8-16-6-2-10-22(26(16)24)38-32(40)29(19)28)14-20(36)30(27)34(42)39-23-11-3-7-15-5-1-9-21(25(15)23)37-31(17)39;35-19-13-17-27-18(33(41)39-23-11-3-7-15-5-1-9-21(25(15)23)37-31(17)39)14-20(36)29-30(27)28(19)32-38-22-10-2-6-16-8-4-12-24(26(16)22)40(32)34(29)42/h1-14H;1-3,5-7,9-11,13-14,24H,4,8,12H2;1-2,4-6,8-10,12-14,23H,3,7,11H2. The van der Waals surface area contributed by atoms with Crippen LogP contribution in [-0.4, -0.2) is 46.7 Å². The summed E-state index contributed by atoms with van der Waals surface area (Å²) in [6.07, 6.45) is 5.81. The molecule has 0 amide bonds. The van der Waals surface area contributed by atoms with Gasteiger partial charge in [-0.25, -0.2) is 29.9 Å². The summed E-state index contributed by atoms with van der Waals surface area (Å²) < 4.78 is 14.9. The molecule has 2 aliphatic carbocycles. The molecule has 30 rings (SSSR count). The van der Waals surface area contributed by atoms with E-state index in [0.29, 0.717) is 94.5 Å². The van der Waals surface area contributed by atoms with Crippen molar-refractivity contribution in [1.82, 2.24) is 46.7 Å². The molecule has 12 heterocycles. The van der Waals surface area contributed by atoms with Crippen LogP contribution in [0.2, 0.25) is 0 Å². The fraction of sp³-hybridized carbons (Fsp3) is 0.0784. The van der Waals surface area contributed by atoms with E-state index in [1.54, 1.807) is 17.6 Å². The van der Waals surface area contributed by atoms with E-state index < -0.39 is 0 Å². The highest BCUT2D eigenvalue weighted by Gasteiger charge is 2.37. The van der Waals surface area contributed by atoms with Crippen molar-refractivity contribution in [2.75, 3.05) is 0 Å². The Kier molecular flexibility index (Phi) is 14.6. The smallest absolute Gasteiger partial charge is 0.265 e. The van der Waals surface area contributed by atoms with Crippen LogP contribution in [0.3, 0.4) is 0 Å². The normalized spacial score (nSPS) is 15.0. The third-order valence-corrected chi connectivity index (χ3v) is 31.2. The van der Waals surface area contributed by atoms with Crippen molar-refractivity contribution in [2.45, 2.75) is 50.6 Å². The summed E-state index contributed by atoms with van der Waals surface area (Å²) >= 11 is 22.9. The van der Waals surface area contributed by atoms with Crippen LogP contribution in [0.1, 0.15) is 60.0 Å². The molecule has 4 aliphatic rings. The molecule has 18 nitrogen and oxygen atoms in total. The van der Waals surface area contributed by atoms with Gasteiger partial charge < -0.3 is 0 Å². The number of pyridine rings is 6. The lowest BCUT2D eigenvalue weighted by atomic mass is 9.85. The van der Waals surface area contributed by atoms with E-state index in [-0.39, 0.29) is 45.4 Å². The van der Waals surface area contributed by atoms with Crippen LogP contribution >= 0.6 is 95.6 Å². The Morgan fingerprint density at radius 3 is 1.02 bits per heavy atom. The monoisotopic (exact) mass is 2010 g/mol. The first-order chi connectivity index (χ1) is 61.5. The van der Waals surface area contributed by atoms with Crippen molar-refractivity contribution in [2.24, 2.45) is 9.98 Å². The van der Waals surface area contributed by atoms with E-state index in [2.05, 4.69) is 132 Å². The highest BCUT2D eigenvalue weighted by atomic mass is 79.9. The molecule has 0 saturated carbocycles. The summed E-state index contributed by atoms with van der Waals surface area (Å²) in [5.41, 5.74) is 15.8. The van der Waals surface area contributed by atoms with Gasteiger partial charge in [0.25, 0.3) is 33.4 Å². The molecule has 0 spiro atoms. The fourth-order valence-electron chi connectivity index (χ4n) is 22.5. The van der Waals surface area contributed by atoms with E-state index >= 15 is 0 Å². The minimum absolute atomic E-state index is 0.0604. The largest absolute Gasteiger partial charge is 0.284 e. The molecule has 24 heteroatoms. The highest BCUT2D eigenvalue weighted by Crippen LogP contribution is 2.50. The lowest BCUT2D eigenvalue weighted by Crippen LogP contribution is -2.41. The Balaban J connectivity index is 0.0000000961. The van der Waals surface area contributed by atoms with Crippen LogP contribution in [0.15, 0.2) is 284 Å². The van der Waals surface area contributed by atoms with E-state index in [1.807, 2.05) is 191 Å². The molecule has 16 aromatic carbocycles. The molecule has 26 aromatic rings. The summed E-state index contributed by atoms with van der Waals surface area (Å²) in [7, 11) is 0. The van der Waals surface area contributed by atoms with Crippen LogP contribution in [0.5, 0.6) is 0 Å². The summed E-state index contributed by atoms with van der Waals surface area (Å²) in [5, 5.41) is 20.4. The number of fused-ring (bicyclic) bond motifs is 18. The molecule has 2 unspecified atom stereocenters. The van der Waals surface area contributed by atoms with Gasteiger partial charge in [-0.2, -0.15) is 0 Å². The average molecular weight is 2020 g/mol. The second-order valence-electron chi connectivity index (χ2n) is 33.6. The van der Waals surface area contributed by atoms with Gasteiger partial charge in [-0.1, -0.05) is 121 Å². The number of benzene rings is 16. The molecule has 0 bridgehead atoms. The maximum Gasteiger partial charge on any atom is 0.265 e. The van der Waals surface area contributed by atoms with E-state index in [9.17, 15) is 28.8 Å². The highest BCUT2D eigenvalue weighted by molar-refractivity contribution is 9.11. The Morgan fingerprint density at radius 1 is 0.262 bits per heavy atom. The SMILES string of the molecule is O=c1c2cc(Br)c3c(=O)n4c5cccc6cccc(nc4c4c(Br)cc(c7n1C1CCCc8cccc(c81)N=7)c2c34)c65.O=c1c2cc(Br)c3c(=O)n4c5cccc6cccc(nc4c4cc(Br)c(c7n1C1CCCc8cccc(c81)N=7)c2c34)c65.O=c1c2cc(Br)c3c4c(cc(Br)c(c24)c2nc4cccc5cccc(c54)n12)c(=O)n1c2cccc4cccc(nc31)c42. The third-order valence-electron chi connectivity index (χ3n) is 27.5. The van der Waals surface area contributed by atoms with Gasteiger partial charge in [0.05, 0.1) is 89.1 Å². The van der Waals surface area contributed by atoms with Gasteiger partial charge in [-0.15, -0.1) is 0 Å². The lowest BCUT2D eigenvalue weighted by molar-refractivity contribution is 0.460. The van der Waals surface area contributed by atoms with Crippen LogP contribution in [0.25, 0.3) is 207 Å². The number of halogens is 6. The van der Waals surface area contributed by atoms with Crippen molar-refractivity contribution in [1.29, 1.82) is 0 Å². The number of aryl methyl sites for hydroxylation is 2. The second-order valence-corrected chi connectivity index (χ2v) is 38.7. The zero-order valence-electron chi connectivity index (χ0n) is 65.3. The minimum Gasteiger partial charge on any atom is -0.284 e. The van der Waals surface area contributed by atoms with Gasteiger partial charge in [0, 0.05) is 135 Å². The molecule has 10 aromatic heterocycles. The minimum atomic E-state index is -0.185. The van der Waals surface area contributed by atoms with Gasteiger partial charge in [0.15, 0.2) is 0 Å². The Bertz CT molecular complexity index is 10100.